The highest BCUT2D eigenvalue weighted by Crippen LogP contribution is 2.43. The van der Waals surface area contributed by atoms with Crippen molar-refractivity contribution in [3.8, 4) is 0 Å². The molecule has 3 heteroatoms. The molecule has 2 bridgehead atoms. The first-order chi connectivity index (χ1) is 7.66. The van der Waals surface area contributed by atoms with Crippen LogP contribution in [0.3, 0.4) is 0 Å². The molecule has 2 N–H and O–H groups in total. The first kappa shape index (κ1) is 10.3. The van der Waals surface area contributed by atoms with E-state index in [4.69, 9.17) is 0 Å². The molecule has 1 aliphatic heterocycles. The van der Waals surface area contributed by atoms with Gasteiger partial charge in [-0.15, -0.1) is 0 Å². The number of allylic oxidation sites excluding steroid dienone is 2. The Morgan fingerprint density at radius 1 is 1.44 bits per heavy atom. The lowest BCUT2D eigenvalue weighted by molar-refractivity contribution is -0.127. The van der Waals surface area contributed by atoms with Crippen molar-refractivity contribution in [2.75, 3.05) is 13.1 Å². The molecule has 88 valence electrons. The summed E-state index contributed by atoms with van der Waals surface area (Å²) in [6, 6.07) is 0. The van der Waals surface area contributed by atoms with Crippen LogP contribution in [0.1, 0.15) is 26.2 Å². The monoisotopic (exact) mass is 220 g/mol. The second kappa shape index (κ2) is 3.59. The third-order valence-corrected chi connectivity index (χ3v) is 4.41. The highest BCUT2D eigenvalue weighted by atomic mass is 16.2. The Bertz CT molecular complexity index is 331. The van der Waals surface area contributed by atoms with Gasteiger partial charge in [0, 0.05) is 12.5 Å². The summed E-state index contributed by atoms with van der Waals surface area (Å²) in [6.45, 7) is 4.08. The molecule has 4 unspecified atom stereocenters. The van der Waals surface area contributed by atoms with Gasteiger partial charge in [-0.25, -0.2) is 0 Å². The molecule has 1 saturated carbocycles. The summed E-state index contributed by atoms with van der Waals surface area (Å²) < 4.78 is 0. The molecule has 2 aliphatic carbocycles. The van der Waals surface area contributed by atoms with Crippen LogP contribution in [0.15, 0.2) is 12.2 Å². The summed E-state index contributed by atoms with van der Waals surface area (Å²) in [5, 5.41) is 6.56. The molecular formula is C13H20N2O. The first-order valence-corrected chi connectivity index (χ1v) is 6.37. The van der Waals surface area contributed by atoms with Gasteiger partial charge in [0.2, 0.25) is 5.91 Å². The van der Waals surface area contributed by atoms with Crippen molar-refractivity contribution in [3.05, 3.63) is 12.2 Å². The fraction of sp³-hybridized carbons (Fsp3) is 0.769. The fourth-order valence-corrected chi connectivity index (χ4v) is 3.40. The number of carbonyl (C=O) groups is 1. The zero-order valence-electron chi connectivity index (χ0n) is 9.83. The van der Waals surface area contributed by atoms with E-state index in [-0.39, 0.29) is 17.4 Å². The third kappa shape index (κ3) is 1.67. The van der Waals surface area contributed by atoms with Crippen molar-refractivity contribution in [1.82, 2.24) is 10.6 Å². The Kier molecular flexibility index (Phi) is 2.32. The van der Waals surface area contributed by atoms with Gasteiger partial charge in [-0.2, -0.15) is 0 Å². The number of rotatable bonds is 2. The van der Waals surface area contributed by atoms with Gasteiger partial charge in [0.05, 0.1) is 5.54 Å². The van der Waals surface area contributed by atoms with Crippen molar-refractivity contribution >= 4 is 5.91 Å². The Balaban J connectivity index is 1.63. The summed E-state index contributed by atoms with van der Waals surface area (Å²) in [5.74, 6) is 1.72. The molecule has 1 amide bonds. The van der Waals surface area contributed by atoms with Crippen molar-refractivity contribution in [2.45, 2.75) is 31.7 Å². The predicted molar refractivity (Wildman–Crippen MR) is 62.9 cm³/mol. The Labute approximate surface area is 96.7 Å². The van der Waals surface area contributed by atoms with Crippen LogP contribution >= 0.6 is 0 Å². The SMILES string of the molecule is CC1(NC(=O)C2CC3C=CC2C3)CCNC1. The second-order valence-electron chi connectivity index (χ2n) is 5.86. The second-order valence-corrected chi connectivity index (χ2v) is 5.86. The topological polar surface area (TPSA) is 41.1 Å². The van der Waals surface area contributed by atoms with E-state index in [2.05, 4.69) is 29.7 Å². The van der Waals surface area contributed by atoms with Crippen molar-refractivity contribution in [3.63, 3.8) is 0 Å². The molecule has 4 atom stereocenters. The molecule has 16 heavy (non-hydrogen) atoms. The highest BCUT2D eigenvalue weighted by Gasteiger charge is 2.42. The number of nitrogens with one attached hydrogen (secondary N) is 2. The number of hydrogen-bond donors (Lipinski definition) is 2. The molecule has 0 aromatic rings. The molecule has 2 fully saturated rings. The summed E-state index contributed by atoms with van der Waals surface area (Å²) in [5.41, 5.74) is -0.0113. The van der Waals surface area contributed by atoms with E-state index in [9.17, 15) is 4.79 Å². The lowest BCUT2D eigenvalue weighted by atomic mass is 9.91. The van der Waals surface area contributed by atoms with E-state index in [1.165, 1.54) is 6.42 Å². The van der Waals surface area contributed by atoms with Gasteiger partial charge >= 0.3 is 0 Å². The molecule has 0 radical (unpaired) electrons. The van der Waals surface area contributed by atoms with Crippen LogP contribution in [0, 0.1) is 17.8 Å². The fourth-order valence-electron chi connectivity index (χ4n) is 3.40. The van der Waals surface area contributed by atoms with E-state index in [0.717, 1.165) is 25.9 Å². The van der Waals surface area contributed by atoms with Crippen LogP contribution in [-0.2, 0) is 4.79 Å². The van der Waals surface area contributed by atoms with E-state index < -0.39 is 0 Å². The number of amides is 1. The van der Waals surface area contributed by atoms with Gasteiger partial charge < -0.3 is 10.6 Å². The Morgan fingerprint density at radius 3 is 2.88 bits per heavy atom. The minimum atomic E-state index is -0.0113. The van der Waals surface area contributed by atoms with Crippen LogP contribution in [-0.4, -0.2) is 24.5 Å². The maximum atomic E-state index is 12.2. The molecule has 3 aliphatic rings. The largest absolute Gasteiger partial charge is 0.349 e. The standard InChI is InChI=1S/C13H20N2O/c1-13(4-5-14-8-13)15-12(16)11-7-9-2-3-10(11)6-9/h2-3,9-11,14H,4-8H2,1H3,(H,15,16). The van der Waals surface area contributed by atoms with Gasteiger partial charge in [0.25, 0.3) is 0 Å². The van der Waals surface area contributed by atoms with Crippen LogP contribution in [0.4, 0.5) is 0 Å². The van der Waals surface area contributed by atoms with Crippen LogP contribution in [0.5, 0.6) is 0 Å². The number of hydrogen-bond acceptors (Lipinski definition) is 2. The molecule has 3 rings (SSSR count). The lowest BCUT2D eigenvalue weighted by Crippen LogP contribution is -2.50. The van der Waals surface area contributed by atoms with E-state index >= 15 is 0 Å². The van der Waals surface area contributed by atoms with Gasteiger partial charge in [-0.3, -0.25) is 4.79 Å². The van der Waals surface area contributed by atoms with Crippen LogP contribution in [0.25, 0.3) is 0 Å². The molecule has 1 heterocycles. The van der Waals surface area contributed by atoms with E-state index in [1.54, 1.807) is 0 Å². The van der Waals surface area contributed by atoms with Crippen molar-refractivity contribution < 1.29 is 4.79 Å². The molecule has 0 spiro atoms. The molecule has 3 nitrogen and oxygen atoms in total. The molecule has 0 aromatic carbocycles. The normalized spacial score (nSPS) is 45.2. The minimum Gasteiger partial charge on any atom is -0.349 e. The van der Waals surface area contributed by atoms with Crippen LogP contribution < -0.4 is 10.6 Å². The minimum absolute atomic E-state index is 0.0113. The van der Waals surface area contributed by atoms with Gasteiger partial charge in [0.15, 0.2) is 0 Å². The van der Waals surface area contributed by atoms with Crippen molar-refractivity contribution in [1.29, 1.82) is 0 Å². The van der Waals surface area contributed by atoms with Gasteiger partial charge in [-0.1, -0.05) is 12.2 Å². The van der Waals surface area contributed by atoms with E-state index in [1.807, 2.05) is 0 Å². The number of fused-ring (bicyclic) bond motifs is 2. The zero-order valence-corrected chi connectivity index (χ0v) is 9.83. The average Bonchev–Trinajstić information content (AvgIpc) is 2.92. The summed E-state index contributed by atoms with van der Waals surface area (Å²) in [6.07, 6.45) is 7.85. The highest BCUT2D eigenvalue weighted by molar-refractivity contribution is 5.80. The average molecular weight is 220 g/mol. The lowest BCUT2D eigenvalue weighted by Gasteiger charge is -2.28. The first-order valence-electron chi connectivity index (χ1n) is 6.37. The Morgan fingerprint density at radius 2 is 2.31 bits per heavy atom. The summed E-state index contributed by atoms with van der Waals surface area (Å²) >= 11 is 0. The third-order valence-electron chi connectivity index (χ3n) is 4.41. The maximum Gasteiger partial charge on any atom is 0.224 e. The van der Waals surface area contributed by atoms with Gasteiger partial charge in [0.1, 0.15) is 0 Å². The Hall–Kier alpha value is -0.830. The zero-order chi connectivity index (χ0) is 11.2. The molecular weight excluding hydrogens is 200 g/mol. The molecule has 0 aromatic heterocycles. The number of carbonyl (C=O) groups excluding carboxylic acids is 1. The van der Waals surface area contributed by atoms with Crippen LogP contribution in [0.2, 0.25) is 0 Å². The predicted octanol–water partition coefficient (Wildman–Crippen LogP) is 1.07. The smallest absolute Gasteiger partial charge is 0.224 e. The maximum absolute atomic E-state index is 12.2. The molecule has 1 saturated heterocycles. The summed E-state index contributed by atoms with van der Waals surface area (Å²) in [4.78, 5) is 12.2. The van der Waals surface area contributed by atoms with Gasteiger partial charge in [-0.05, 0) is 44.6 Å². The van der Waals surface area contributed by atoms with Crippen molar-refractivity contribution in [2.24, 2.45) is 17.8 Å². The quantitative estimate of drug-likeness (QED) is 0.683. The summed E-state index contributed by atoms with van der Waals surface area (Å²) in [7, 11) is 0. The van der Waals surface area contributed by atoms with E-state index in [0.29, 0.717) is 11.8 Å².